The Balaban J connectivity index is 1.57. The van der Waals surface area contributed by atoms with E-state index in [-0.39, 0.29) is 24.2 Å². The van der Waals surface area contributed by atoms with Crippen LogP contribution >= 0.6 is 11.6 Å². The number of carbonyl (C=O) groups is 3. The maximum Gasteiger partial charge on any atom is 0.338 e. The zero-order valence-electron chi connectivity index (χ0n) is 16.2. The summed E-state index contributed by atoms with van der Waals surface area (Å²) in [4.78, 5) is 38.4. The summed E-state index contributed by atoms with van der Waals surface area (Å²) in [5.41, 5.74) is 1.72. The number of unbranched alkanes of at least 4 members (excludes halogenated alkanes) is 1. The van der Waals surface area contributed by atoms with E-state index in [1.54, 1.807) is 53.4 Å². The summed E-state index contributed by atoms with van der Waals surface area (Å²) in [5.74, 6) is -1.15. The molecule has 0 spiro atoms. The van der Waals surface area contributed by atoms with Gasteiger partial charge in [-0.15, -0.1) is 0 Å². The van der Waals surface area contributed by atoms with Gasteiger partial charge in [0, 0.05) is 29.4 Å². The summed E-state index contributed by atoms with van der Waals surface area (Å²) in [6.07, 6.45) is 1.93. The molecule has 1 saturated heterocycles. The number of esters is 1. The fourth-order valence-corrected chi connectivity index (χ4v) is 3.21. The Bertz CT molecular complexity index is 881. The van der Waals surface area contributed by atoms with Gasteiger partial charge in [0.15, 0.2) is 0 Å². The van der Waals surface area contributed by atoms with Crippen LogP contribution in [-0.4, -0.2) is 30.9 Å². The smallest absolute Gasteiger partial charge is 0.338 e. The van der Waals surface area contributed by atoms with Crippen molar-refractivity contribution in [2.45, 2.75) is 26.2 Å². The number of halogens is 1. The number of anilines is 2. The van der Waals surface area contributed by atoms with Crippen molar-refractivity contribution < 1.29 is 19.1 Å². The van der Waals surface area contributed by atoms with Crippen LogP contribution in [0, 0.1) is 5.92 Å². The van der Waals surface area contributed by atoms with E-state index < -0.39 is 5.92 Å². The molecule has 1 aliphatic heterocycles. The molecule has 1 atom stereocenters. The lowest BCUT2D eigenvalue weighted by atomic mass is 10.1. The Morgan fingerprint density at radius 3 is 2.48 bits per heavy atom. The summed E-state index contributed by atoms with van der Waals surface area (Å²) >= 11 is 5.89. The van der Waals surface area contributed by atoms with Crippen LogP contribution in [0.4, 0.5) is 11.4 Å². The molecule has 1 N–H and O–H groups in total. The van der Waals surface area contributed by atoms with Crippen LogP contribution in [0.1, 0.15) is 36.5 Å². The quantitative estimate of drug-likeness (QED) is 0.541. The van der Waals surface area contributed by atoms with Gasteiger partial charge in [-0.2, -0.15) is 0 Å². The van der Waals surface area contributed by atoms with Gasteiger partial charge in [-0.3, -0.25) is 9.59 Å². The number of nitrogens with zero attached hydrogens (tertiary/aromatic N) is 1. The zero-order valence-corrected chi connectivity index (χ0v) is 16.9. The highest BCUT2D eigenvalue weighted by Gasteiger charge is 2.35. The van der Waals surface area contributed by atoms with E-state index in [4.69, 9.17) is 16.3 Å². The SMILES string of the molecule is CCCCOC(=O)c1ccc(NC(=O)[C@H]2CC(=O)N(c3ccc(Cl)cc3)C2)cc1. The van der Waals surface area contributed by atoms with Gasteiger partial charge in [-0.1, -0.05) is 24.9 Å². The summed E-state index contributed by atoms with van der Waals surface area (Å²) < 4.78 is 5.17. The second-order valence-electron chi connectivity index (χ2n) is 6.94. The normalized spacial score (nSPS) is 16.0. The van der Waals surface area contributed by atoms with Crippen molar-refractivity contribution in [2.24, 2.45) is 5.92 Å². The summed E-state index contributed by atoms with van der Waals surface area (Å²) in [5, 5.41) is 3.40. The van der Waals surface area contributed by atoms with Gasteiger partial charge in [-0.05, 0) is 55.0 Å². The topological polar surface area (TPSA) is 75.7 Å². The van der Waals surface area contributed by atoms with Crippen LogP contribution in [0.25, 0.3) is 0 Å². The molecule has 1 fully saturated rings. The average Bonchev–Trinajstić information content (AvgIpc) is 3.11. The Morgan fingerprint density at radius 2 is 1.83 bits per heavy atom. The molecule has 29 heavy (non-hydrogen) atoms. The molecular formula is C22H23ClN2O4. The van der Waals surface area contributed by atoms with E-state index in [0.29, 0.717) is 29.4 Å². The van der Waals surface area contributed by atoms with Gasteiger partial charge in [0.2, 0.25) is 11.8 Å². The third kappa shape index (κ3) is 5.35. The molecule has 152 valence electrons. The van der Waals surface area contributed by atoms with Crippen LogP contribution in [0.5, 0.6) is 0 Å². The van der Waals surface area contributed by atoms with E-state index in [0.717, 1.165) is 18.5 Å². The second kappa shape index (κ2) is 9.56. The van der Waals surface area contributed by atoms with Gasteiger partial charge >= 0.3 is 5.97 Å². The first kappa shape index (κ1) is 20.9. The number of benzene rings is 2. The first-order chi connectivity index (χ1) is 14.0. The van der Waals surface area contributed by atoms with Gasteiger partial charge in [-0.25, -0.2) is 4.79 Å². The van der Waals surface area contributed by atoms with E-state index in [2.05, 4.69) is 5.32 Å². The molecule has 0 aliphatic carbocycles. The number of rotatable bonds is 7. The van der Waals surface area contributed by atoms with Crippen molar-refractivity contribution in [2.75, 3.05) is 23.4 Å². The Labute approximate surface area is 174 Å². The molecule has 6 nitrogen and oxygen atoms in total. The highest BCUT2D eigenvalue weighted by atomic mass is 35.5. The molecule has 2 amide bonds. The van der Waals surface area contributed by atoms with Crippen LogP contribution < -0.4 is 10.2 Å². The molecule has 0 radical (unpaired) electrons. The predicted molar refractivity (Wildman–Crippen MR) is 112 cm³/mol. The fourth-order valence-electron chi connectivity index (χ4n) is 3.08. The number of nitrogens with one attached hydrogen (secondary N) is 1. The average molecular weight is 415 g/mol. The Kier molecular flexibility index (Phi) is 6.88. The second-order valence-corrected chi connectivity index (χ2v) is 7.37. The van der Waals surface area contributed by atoms with E-state index in [1.165, 1.54) is 0 Å². The van der Waals surface area contributed by atoms with E-state index in [1.807, 2.05) is 6.92 Å². The lowest BCUT2D eigenvalue weighted by Gasteiger charge is -2.16. The highest BCUT2D eigenvalue weighted by Crippen LogP contribution is 2.27. The maximum absolute atomic E-state index is 12.6. The number of amides is 2. The molecule has 2 aromatic carbocycles. The Hall–Kier alpha value is -2.86. The zero-order chi connectivity index (χ0) is 20.8. The third-order valence-electron chi connectivity index (χ3n) is 4.75. The van der Waals surface area contributed by atoms with E-state index in [9.17, 15) is 14.4 Å². The standard InChI is InChI=1S/C22H23ClN2O4/c1-2-3-12-29-22(28)15-4-8-18(9-5-15)24-21(27)16-13-20(26)25(14-16)19-10-6-17(23)7-11-19/h4-11,16H,2-3,12-14H2,1H3,(H,24,27)/t16-/m0/s1. The summed E-state index contributed by atoms with van der Waals surface area (Å²) in [7, 11) is 0. The van der Waals surface area contributed by atoms with Gasteiger partial charge in [0.05, 0.1) is 18.1 Å². The van der Waals surface area contributed by atoms with Crippen molar-refractivity contribution in [3.05, 3.63) is 59.1 Å². The van der Waals surface area contributed by atoms with Crippen molar-refractivity contribution >= 4 is 40.8 Å². The fraction of sp³-hybridized carbons (Fsp3) is 0.318. The molecule has 1 aliphatic rings. The summed E-state index contributed by atoms with van der Waals surface area (Å²) in [6, 6.07) is 13.5. The number of hydrogen-bond acceptors (Lipinski definition) is 4. The van der Waals surface area contributed by atoms with Crippen molar-refractivity contribution in [1.29, 1.82) is 0 Å². The lowest BCUT2D eigenvalue weighted by Crippen LogP contribution is -2.28. The number of hydrogen-bond donors (Lipinski definition) is 1. The first-order valence-corrected chi connectivity index (χ1v) is 9.99. The molecule has 2 aromatic rings. The summed E-state index contributed by atoms with van der Waals surface area (Å²) in [6.45, 7) is 2.74. The molecular weight excluding hydrogens is 392 g/mol. The number of ether oxygens (including phenoxy) is 1. The molecule has 0 saturated carbocycles. The predicted octanol–water partition coefficient (Wildman–Crippen LogP) is 4.29. The first-order valence-electron chi connectivity index (χ1n) is 9.62. The lowest BCUT2D eigenvalue weighted by molar-refractivity contribution is -0.122. The molecule has 7 heteroatoms. The molecule has 0 unspecified atom stereocenters. The highest BCUT2D eigenvalue weighted by molar-refractivity contribution is 6.30. The van der Waals surface area contributed by atoms with Gasteiger partial charge in [0.25, 0.3) is 0 Å². The van der Waals surface area contributed by atoms with Crippen LogP contribution in [-0.2, 0) is 14.3 Å². The molecule has 3 rings (SSSR count). The third-order valence-corrected chi connectivity index (χ3v) is 5.01. The van der Waals surface area contributed by atoms with Crippen LogP contribution in [0.15, 0.2) is 48.5 Å². The van der Waals surface area contributed by atoms with Crippen LogP contribution in [0.3, 0.4) is 0 Å². The van der Waals surface area contributed by atoms with Crippen LogP contribution in [0.2, 0.25) is 5.02 Å². The number of carbonyl (C=O) groups excluding carboxylic acids is 3. The monoisotopic (exact) mass is 414 g/mol. The molecule has 0 bridgehead atoms. The molecule has 1 heterocycles. The minimum absolute atomic E-state index is 0.0994. The maximum atomic E-state index is 12.6. The van der Waals surface area contributed by atoms with Crippen molar-refractivity contribution in [3.63, 3.8) is 0 Å². The van der Waals surface area contributed by atoms with Gasteiger partial charge in [0.1, 0.15) is 0 Å². The molecule has 0 aromatic heterocycles. The van der Waals surface area contributed by atoms with Gasteiger partial charge < -0.3 is 15.0 Å². The Morgan fingerprint density at radius 1 is 1.14 bits per heavy atom. The minimum atomic E-state index is -0.447. The largest absolute Gasteiger partial charge is 0.462 e. The van der Waals surface area contributed by atoms with E-state index >= 15 is 0 Å². The minimum Gasteiger partial charge on any atom is -0.462 e. The van der Waals surface area contributed by atoms with Crippen molar-refractivity contribution in [1.82, 2.24) is 0 Å². The van der Waals surface area contributed by atoms with Crippen molar-refractivity contribution in [3.8, 4) is 0 Å².